The van der Waals surface area contributed by atoms with Crippen LogP contribution in [0.4, 0.5) is 0 Å². The molecular weight excluding hydrogens is 252 g/mol. The van der Waals surface area contributed by atoms with E-state index in [9.17, 15) is 4.79 Å². The van der Waals surface area contributed by atoms with Gasteiger partial charge in [-0.25, -0.2) is 0 Å². The fourth-order valence-electron chi connectivity index (χ4n) is 1.13. The van der Waals surface area contributed by atoms with E-state index < -0.39 is 0 Å². The monoisotopic (exact) mass is 278 g/mol. The van der Waals surface area contributed by atoms with Gasteiger partial charge in [0.15, 0.2) is 0 Å². The Hall–Kier alpha value is -0.730. The van der Waals surface area contributed by atoms with Crippen LogP contribution in [0.5, 0.6) is 0 Å². The summed E-state index contributed by atoms with van der Waals surface area (Å²) in [6.07, 6.45) is 0.652. The second-order valence-electron chi connectivity index (χ2n) is 3.63. The molecule has 0 heterocycles. The van der Waals surface area contributed by atoms with Gasteiger partial charge in [0.2, 0.25) is 6.41 Å². The lowest BCUT2D eigenvalue weighted by Gasteiger charge is -2.07. The van der Waals surface area contributed by atoms with Gasteiger partial charge >= 0.3 is 0 Å². The first-order valence-electron chi connectivity index (χ1n) is 6.54. The third-order valence-electron chi connectivity index (χ3n) is 2.09. The van der Waals surface area contributed by atoms with E-state index in [0.29, 0.717) is 65.8 Å². The molecule has 0 aromatic carbocycles. The van der Waals surface area contributed by atoms with E-state index in [-0.39, 0.29) is 0 Å². The lowest BCUT2D eigenvalue weighted by atomic mass is 10.6. The molecule has 0 saturated carbocycles. The summed E-state index contributed by atoms with van der Waals surface area (Å²) in [6, 6.07) is 0. The van der Waals surface area contributed by atoms with Crippen LogP contribution in [-0.2, 0) is 23.7 Å². The number of likely N-dealkylation sites (N-methyl/N-ethyl adjacent to an activating group) is 1. The lowest BCUT2D eigenvalue weighted by molar-refractivity contribution is -0.109. The Morgan fingerprint density at radius 3 is 1.58 bits per heavy atom. The largest absolute Gasteiger partial charge is 0.378 e. The SMILES string of the molecule is CNCCOCCOCCOCCOCCNC=O. The highest BCUT2D eigenvalue weighted by molar-refractivity contribution is 5.45. The van der Waals surface area contributed by atoms with Crippen molar-refractivity contribution < 1.29 is 23.7 Å². The average molecular weight is 278 g/mol. The van der Waals surface area contributed by atoms with Crippen LogP contribution < -0.4 is 10.6 Å². The van der Waals surface area contributed by atoms with Crippen molar-refractivity contribution in [2.24, 2.45) is 0 Å². The van der Waals surface area contributed by atoms with Gasteiger partial charge < -0.3 is 29.6 Å². The molecule has 0 saturated heterocycles. The topological polar surface area (TPSA) is 78.1 Å². The van der Waals surface area contributed by atoms with Crippen molar-refractivity contribution in [3.05, 3.63) is 0 Å². The minimum absolute atomic E-state index is 0.503. The van der Waals surface area contributed by atoms with Crippen LogP contribution in [0.25, 0.3) is 0 Å². The molecule has 0 aliphatic rings. The fourth-order valence-corrected chi connectivity index (χ4v) is 1.13. The Labute approximate surface area is 114 Å². The van der Waals surface area contributed by atoms with Crippen LogP contribution in [0, 0.1) is 0 Å². The normalized spacial score (nSPS) is 10.6. The number of ether oxygens (including phenoxy) is 4. The van der Waals surface area contributed by atoms with E-state index in [1.807, 2.05) is 7.05 Å². The molecule has 0 aliphatic carbocycles. The first-order chi connectivity index (χ1) is 9.41. The Bertz CT molecular complexity index is 184. The number of nitrogens with one attached hydrogen (secondary N) is 2. The van der Waals surface area contributed by atoms with Crippen LogP contribution >= 0.6 is 0 Å². The van der Waals surface area contributed by atoms with Crippen LogP contribution in [-0.4, -0.2) is 79.4 Å². The van der Waals surface area contributed by atoms with Crippen molar-refractivity contribution >= 4 is 6.41 Å². The zero-order chi connectivity index (χ0) is 14.0. The predicted octanol–water partition coefficient (Wildman–Crippen LogP) is -0.982. The Balaban J connectivity index is 2.89. The molecule has 0 rings (SSSR count). The van der Waals surface area contributed by atoms with Gasteiger partial charge in [0.05, 0.1) is 52.9 Å². The van der Waals surface area contributed by atoms with Crippen molar-refractivity contribution in [3.63, 3.8) is 0 Å². The minimum Gasteiger partial charge on any atom is -0.378 e. The number of carbonyl (C=O) groups excluding carboxylic acids is 1. The maximum absolute atomic E-state index is 9.92. The van der Waals surface area contributed by atoms with Gasteiger partial charge in [0.25, 0.3) is 0 Å². The molecule has 0 bridgehead atoms. The molecule has 0 unspecified atom stereocenters. The standard InChI is InChI=1S/C12H26N2O5/c1-13-2-4-16-6-8-18-10-11-19-9-7-17-5-3-14-12-15/h12-13H,2-11H2,1H3,(H,14,15). The molecule has 2 N–H and O–H groups in total. The zero-order valence-electron chi connectivity index (χ0n) is 11.7. The maximum Gasteiger partial charge on any atom is 0.207 e. The molecule has 0 fully saturated rings. The molecule has 1 amide bonds. The molecule has 19 heavy (non-hydrogen) atoms. The second kappa shape index (κ2) is 17.3. The number of hydrogen-bond donors (Lipinski definition) is 2. The molecular formula is C12H26N2O5. The second-order valence-corrected chi connectivity index (χ2v) is 3.63. The van der Waals surface area contributed by atoms with Crippen molar-refractivity contribution in [2.75, 3.05) is 73.0 Å². The molecule has 114 valence electrons. The minimum atomic E-state index is 0.503. The summed E-state index contributed by atoms with van der Waals surface area (Å²) < 4.78 is 21.1. The van der Waals surface area contributed by atoms with E-state index in [1.54, 1.807) is 0 Å². The predicted molar refractivity (Wildman–Crippen MR) is 71.3 cm³/mol. The van der Waals surface area contributed by atoms with Gasteiger partial charge in [0, 0.05) is 13.1 Å². The Morgan fingerprint density at radius 1 is 0.737 bits per heavy atom. The number of rotatable bonds is 16. The van der Waals surface area contributed by atoms with Crippen LogP contribution in [0.1, 0.15) is 0 Å². The maximum atomic E-state index is 9.92. The third kappa shape index (κ3) is 17.3. The van der Waals surface area contributed by atoms with Crippen molar-refractivity contribution in [1.29, 1.82) is 0 Å². The number of carbonyl (C=O) groups is 1. The van der Waals surface area contributed by atoms with Crippen LogP contribution in [0.15, 0.2) is 0 Å². The zero-order valence-corrected chi connectivity index (χ0v) is 11.7. The molecule has 0 aromatic heterocycles. The van der Waals surface area contributed by atoms with Crippen molar-refractivity contribution in [2.45, 2.75) is 0 Å². The Morgan fingerprint density at radius 2 is 1.16 bits per heavy atom. The summed E-state index contributed by atoms with van der Waals surface area (Å²) in [4.78, 5) is 9.92. The molecule has 0 aromatic rings. The van der Waals surface area contributed by atoms with Crippen LogP contribution in [0.2, 0.25) is 0 Å². The highest BCUT2D eigenvalue weighted by atomic mass is 16.6. The van der Waals surface area contributed by atoms with Gasteiger partial charge in [-0.05, 0) is 7.05 Å². The average Bonchev–Trinajstić information content (AvgIpc) is 2.43. The van der Waals surface area contributed by atoms with Gasteiger partial charge in [0.1, 0.15) is 0 Å². The summed E-state index contributed by atoms with van der Waals surface area (Å²) in [5, 5.41) is 5.51. The highest BCUT2D eigenvalue weighted by Crippen LogP contribution is 1.82. The summed E-state index contributed by atoms with van der Waals surface area (Å²) >= 11 is 0. The first-order valence-corrected chi connectivity index (χ1v) is 6.54. The Kier molecular flexibility index (Phi) is 16.6. The third-order valence-corrected chi connectivity index (χ3v) is 2.09. The number of amides is 1. The lowest BCUT2D eigenvalue weighted by Crippen LogP contribution is -2.19. The number of hydrogen-bond acceptors (Lipinski definition) is 6. The van der Waals surface area contributed by atoms with E-state index in [1.165, 1.54) is 0 Å². The van der Waals surface area contributed by atoms with Crippen molar-refractivity contribution in [1.82, 2.24) is 10.6 Å². The summed E-state index contributed by atoms with van der Waals surface area (Å²) in [6.45, 7) is 5.93. The van der Waals surface area contributed by atoms with E-state index in [0.717, 1.165) is 6.54 Å². The molecule has 0 aliphatic heterocycles. The quantitative estimate of drug-likeness (QED) is 0.279. The molecule has 0 radical (unpaired) electrons. The molecule has 7 nitrogen and oxygen atoms in total. The smallest absolute Gasteiger partial charge is 0.207 e. The molecule has 7 heteroatoms. The van der Waals surface area contributed by atoms with Gasteiger partial charge in [-0.1, -0.05) is 0 Å². The van der Waals surface area contributed by atoms with Crippen molar-refractivity contribution in [3.8, 4) is 0 Å². The van der Waals surface area contributed by atoms with E-state index >= 15 is 0 Å². The highest BCUT2D eigenvalue weighted by Gasteiger charge is 1.92. The van der Waals surface area contributed by atoms with Crippen LogP contribution in [0.3, 0.4) is 0 Å². The summed E-state index contributed by atoms with van der Waals surface area (Å²) in [5.74, 6) is 0. The van der Waals surface area contributed by atoms with E-state index in [4.69, 9.17) is 18.9 Å². The molecule has 0 spiro atoms. The summed E-state index contributed by atoms with van der Waals surface area (Å²) in [7, 11) is 1.89. The van der Waals surface area contributed by atoms with Gasteiger partial charge in [-0.3, -0.25) is 4.79 Å². The van der Waals surface area contributed by atoms with Gasteiger partial charge in [-0.2, -0.15) is 0 Å². The van der Waals surface area contributed by atoms with E-state index in [2.05, 4.69) is 10.6 Å². The summed E-state index contributed by atoms with van der Waals surface area (Å²) in [5.41, 5.74) is 0. The van der Waals surface area contributed by atoms with Gasteiger partial charge in [-0.15, -0.1) is 0 Å². The fraction of sp³-hybridized carbons (Fsp3) is 0.917. The first kappa shape index (κ1) is 18.3. The molecule has 0 atom stereocenters.